The van der Waals surface area contributed by atoms with Crippen molar-refractivity contribution in [3.05, 3.63) is 33.5 Å². The molecule has 1 fully saturated rings. The summed E-state index contributed by atoms with van der Waals surface area (Å²) in [6.07, 6.45) is 0.0445. The molecule has 1 aliphatic rings. The zero-order valence-corrected chi connectivity index (χ0v) is 12.0. The molecule has 2 rings (SSSR count). The molecule has 0 aliphatic carbocycles. The third-order valence-corrected chi connectivity index (χ3v) is 3.66. The fraction of sp³-hybridized carbons (Fsp3) is 0.462. The molecule has 0 bridgehead atoms. The first-order valence-corrected chi connectivity index (χ1v) is 6.65. The normalized spacial score (nSPS) is 20.0. The molecule has 98 valence electrons. The Balaban J connectivity index is 2.25. The van der Waals surface area contributed by atoms with Crippen molar-refractivity contribution in [3.8, 4) is 0 Å². The second kappa shape index (κ2) is 5.36. The molecule has 1 heterocycles. The van der Waals surface area contributed by atoms with Crippen LogP contribution < -0.4 is 0 Å². The van der Waals surface area contributed by atoms with E-state index in [9.17, 15) is 9.18 Å². The number of hydrogen-bond acceptors (Lipinski definition) is 2. The number of halogens is 2. The largest absolute Gasteiger partial charge is 0.375 e. The van der Waals surface area contributed by atoms with Gasteiger partial charge in [-0.1, -0.05) is 0 Å². The summed E-state index contributed by atoms with van der Waals surface area (Å²) >= 11 is 3.24. The van der Waals surface area contributed by atoms with E-state index in [0.717, 1.165) is 0 Å². The molecular weight excluding hydrogens is 301 g/mol. The van der Waals surface area contributed by atoms with Crippen molar-refractivity contribution in [2.24, 2.45) is 0 Å². The quantitative estimate of drug-likeness (QED) is 0.797. The van der Waals surface area contributed by atoms with Crippen LogP contribution in [0, 0.1) is 12.7 Å². The topological polar surface area (TPSA) is 29.5 Å². The molecule has 0 aromatic heterocycles. The van der Waals surface area contributed by atoms with Gasteiger partial charge in [-0.3, -0.25) is 4.79 Å². The predicted molar refractivity (Wildman–Crippen MR) is 70.2 cm³/mol. The fourth-order valence-corrected chi connectivity index (χ4v) is 2.48. The Morgan fingerprint density at radius 1 is 1.56 bits per heavy atom. The molecule has 1 unspecified atom stereocenters. The number of hydrogen-bond donors (Lipinski definition) is 0. The lowest BCUT2D eigenvalue weighted by molar-refractivity contribution is -0.0124. The molecule has 0 saturated carbocycles. The minimum absolute atomic E-state index is 0.0445. The lowest BCUT2D eigenvalue weighted by atomic mass is 10.1. The standard InChI is InChI=1S/C13H15BrFNO2/c1-8-5-10(11(14)6-12(8)15)13(17)16-3-4-18-9(2)7-16/h5-6,9H,3-4,7H2,1-2H3. The molecule has 1 saturated heterocycles. The van der Waals surface area contributed by atoms with Gasteiger partial charge in [-0.05, 0) is 47.5 Å². The minimum atomic E-state index is -0.311. The number of morpholine rings is 1. The zero-order valence-electron chi connectivity index (χ0n) is 10.4. The van der Waals surface area contributed by atoms with E-state index >= 15 is 0 Å². The summed E-state index contributed by atoms with van der Waals surface area (Å²) < 4.78 is 19.2. The van der Waals surface area contributed by atoms with Crippen molar-refractivity contribution in [1.29, 1.82) is 0 Å². The van der Waals surface area contributed by atoms with Gasteiger partial charge in [0.1, 0.15) is 5.82 Å². The minimum Gasteiger partial charge on any atom is -0.375 e. The summed E-state index contributed by atoms with van der Waals surface area (Å²) in [5, 5.41) is 0. The van der Waals surface area contributed by atoms with Gasteiger partial charge in [-0.15, -0.1) is 0 Å². The van der Waals surface area contributed by atoms with E-state index in [1.165, 1.54) is 6.07 Å². The number of nitrogens with zero attached hydrogens (tertiary/aromatic N) is 1. The van der Waals surface area contributed by atoms with E-state index in [-0.39, 0.29) is 17.8 Å². The molecule has 1 atom stereocenters. The summed E-state index contributed by atoms with van der Waals surface area (Å²) in [6.45, 7) is 5.28. The van der Waals surface area contributed by atoms with Crippen molar-refractivity contribution >= 4 is 21.8 Å². The van der Waals surface area contributed by atoms with E-state index < -0.39 is 0 Å². The Morgan fingerprint density at radius 2 is 2.28 bits per heavy atom. The fourth-order valence-electron chi connectivity index (χ4n) is 1.99. The Bertz CT molecular complexity index is 478. The van der Waals surface area contributed by atoms with E-state index in [0.29, 0.717) is 35.3 Å². The van der Waals surface area contributed by atoms with Crippen LogP contribution in [0.25, 0.3) is 0 Å². The van der Waals surface area contributed by atoms with Gasteiger partial charge in [0.25, 0.3) is 5.91 Å². The average molecular weight is 316 g/mol. The van der Waals surface area contributed by atoms with Gasteiger partial charge in [0.05, 0.1) is 18.3 Å². The van der Waals surface area contributed by atoms with E-state index in [4.69, 9.17) is 4.74 Å². The molecule has 18 heavy (non-hydrogen) atoms. The zero-order chi connectivity index (χ0) is 13.3. The number of ether oxygens (including phenoxy) is 1. The van der Waals surface area contributed by atoms with Crippen LogP contribution in [0.1, 0.15) is 22.8 Å². The smallest absolute Gasteiger partial charge is 0.255 e. The maximum atomic E-state index is 13.4. The van der Waals surface area contributed by atoms with Gasteiger partial charge >= 0.3 is 0 Å². The molecule has 1 aliphatic heterocycles. The first kappa shape index (κ1) is 13.5. The lowest BCUT2D eigenvalue weighted by Gasteiger charge is -2.31. The highest BCUT2D eigenvalue weighted by atomic mass is 79.9. The maximum absolute atomic E-state index is 13.4. The van der Waals surface area contributed by atoms with Crippen molar-refractivity contribution in [1.82, 2.24) is 4.90 Å². The first-order valence-electron chi connectivity index (χ1n) is 5.85. The van der Waals surface area contributed by atoms with Gasteiger partial charge in [0.15, 0.2) is 0 Å². The molecule has 0 spiro atoms. The highest BCUT2D eigenvalue weighted by Gasteiger charge is 2.24. The summed E-state index contributed by atoms with van der Waals surface area (Å²) in [5.74, 6) is -0.395. The van der Waals surface area contributed by atoms with Gasteiger partial charge in [0.2, 0.25) is 0 Å². The number of rotatable bonds is 1. The van der Waals surface area contributed by atoms with Crippen LogP contribution in [-0.4, -0.2) is 36.6 Å². The molecule has 5 heteroatoms. The first-order chi connectivity index (χ1) is 8.49. The lowest BCUT2D eigenvalue weighted by Crippen LogP contribution is -2.44. The molecule has 3 nitrogen and oxygen atoms in total. The highest BCUT2D eigenvalue weighted by molar-refractivity contribution is 9.10. The molecular formula is C13H15BrFNO2. The summed E-state index contributed by atoms with van der Waals surface area (Å²) in [7, 11) is 0. The summed E-state index contributed by atoms with van der Waals surface area (Å²) in [5.41, 5.74) is 0.978. The molecule has 1 amide bonds. The molecule has 1 aromatic carbocycles. The van der Waals surface area contributed by atoms with Gasteiger partial charge in [-0.25, -0.2) is 4.39 Å². The summed E-state index contributed by atoms with van der Waals surface area (Å²) in [4.78, 5) is 14.1. The number of benzene rings is 1. The van der Waals surface area contributed by atoms with Crippen molar-refractivity contribution < 1.29 is 13.9 Å². The van der Waals surface area contributed by atoms with Crippen LogP contribution in [0.2, 0.25) is 0 Å². The molecule has 0 radical (unpaired) electrons. The second-order valence-electron chi connectivity index (χ2n) is 4.51. The van der Waals surface area contributed by atoms with Gasteiger partial charge in [0, 0.05) is 17.6 Å². The van der Waals surface area contributed by atoms with Crippen LogP contribution >= 0.6 is 15.9 Å². The van der Waals surface area contributed by atoms with Crippen molar-refractivity contribution in [2.45, 2.75) is 20.0 Å². The van der Waals surface area contributed by atoms with Crippen LogP contribution in [0.5, 0.6) is 0 Å². The Hall–Kier alpha value is -0.940. The Labute approximate surface area is 114 Å². The third-order valence-electron chi connectivity index (χ3n) is 3.01. The molecule has 1 aromatic rings. The number of carbonyl (C=O) groups excluding carboxylic acids is 1. The maximum Gasteiger partial charge on any atom is 0.255 e. The number of carbonyl (C=O) groups is 1. The van der Waals surface area contributed by atoms with Crippen molar-refractivity contribution in [3.63, 3.8) is 0 Å². The van der Waals surface area contributed by atoms with E-state index in [1.807, 2.05) is 6.92 Å². The third kappa shape index (κ3) is 2.72. The molecule has 0 N–H and O–H groups in total. The number of aryl methyl sites for hydroxylation is 1. The van der Waals surface area contributed by atoms with Crippen LogP contribution in [0.15, 0.2) is 16.6 Å². The van der Waals surface area contributed by atoms with E-state index in [2.05, 4.69) is 15.9 Å². The highest BCUT2D eigenvalue weighted by Crippen LogP contribution is 2.23. The van der Waals surface area contributed by atoms with Gasteiger partial charge < -0.3 is 9.64 Å². The average Bonchev–Trinajstić information content (AvgIpc) is 2.33. The monoisotopic (exact) mass is 315 g/mol. The van der Waals surface area contributed by atoms with E-state index in [1.54, 1.807) is 17.9 Å². The number of amides is 1. The Kier molecular flexibility index (Phi) is 4.02. The second-order valence-corrected chi connectivity index (χ2v) is 5.37. The van der Waals surface area contributed by atoms with Crippen LogP contribution in [-0.2, 0) is 4.74 Å². The van der Waals surface area contributed by atoms with Gasteiger partial charge in [-0.2, -0.15) is 0 Å². The van der Waals surface area contributed by atoms with Crippen LogP contribution in [0.4, 0.5) is 4.39 Å². The Morgan fingerprint density at radius 3 is 2.94 bits per heavy atom. The van der Waals surface area contributed by atoms with Crippen LogP contribution in [0.3, 0.4) is 0 Å². The predicted octanol–water partition coefficient (Wildman–Crippen LogP) is 2.76. The van der Waals surface area contributed by atoms with Crippen molar-refractivity contribution in [2.75, 3.05) is 19.7 Å². The SMILES string of the molecule is Cc1cc(C(=O)N2CCOC(C)C2)c(Br)cc1F. The summed E-state index contributed by atoms with van der Waals surface area (Å²) in [6, 6.07) is 2.92.